The largest absolute Gasteiger partial charge is 0.468 e. The molecule has 8 aromatic rings. The van der Waals surface area contributed by atoms with Crippen molar-refractivity contribution in [3.8, 4) is 22.3 Å². The summed E-state index contributed by atoms with van der Waals surface area (Å²) < 4.78 is 88.4. The Balaban J connectivity index is 0.000000205. The fourth-order valence-corrected chi connectivity index (χ4v) is 10.8. The van der Waals surface area contributed by atoms with E-state index in [-0.39, 0.29) is 23.4 Å². The van der Waals surface area contributed by atoms with E-state index in [1.165, 1.54) is 38.5 Å². The molecule has 2 aliphatic heterocycles. The number of anilines is 4. The van der Waals surface area contributed by atoms with Crippen LogP contribution in [0, 0.1) is 6.92 Å². The summed E-state index contributed by atoms with van der Waals surface area (Å²) in [5.41, 5.74) is 6.90. The standard InChI is InChI=1S/C34H32F3N3O3.C33H29ClF3N3O3/c1-23-8-17-29(30(22-23)24-9-11-26(12-10-24)34(35,36)37)32(41)38-27-13-15-28(16-14-27)39-18-20-40(21-19-39)31(33(42)43-2)25-6-4-3-5-7-25;1-43-32(42)30(23-5-3-2-4-6-23)40-19-17-39(18-20-40)27-14-12-26(13-15-27)38-31(41)28-16-11-25(34)21-29(28)22-7-9-24(10-8-22)33(35,36)37/h3-17,22,31H,18-21H2,1-2H3,(H,38,41);2-16,21,30H,17-20H2,1H3,(H,38,41). The van der Waals surface area contributed by atoms with Gasteiger partial charge in [0.2, 0.25) is 0 Å². The quantitative estimate of drug-likeness (QED) is 0.0803. The Morgan fingerprint density at radius 1 is 0.453 bits per heavy atom. The van der Waals surface area contributed by atoms with Crippen LogP contribution in [-0.4, -0.2) is 100 Å². The average molecular weight is 1200 g/mol. The van der Waals surface area contributed by atoms with Gasteiger partial charge in [-0.3, -0.25) is 19.4 Å². The summed E-state index contributed by atoms with van der Waals surface area (Å²) in [6.07, 6.45) is -8.89. The average Bonchev–Trinajstić information content (AvgIpc) is 3.42. The Kier molecular flexibility index (Phi) is 19.6. The van der Waals surface area contributed by atoms with E-state index in [2.05, 4.69) is 30.2 Å². The van der Waals surface area contributed by atoms with Crippen LogP contribution in [0.3, 0.4) is 0 Å². The summed E-state index contributed by atoms with van der Waals surface area (Å²) in [7, 11) is 2.81. The Labute approximate surface area is 499 Å². The minimum absolute atomic E-state index is 0.280. The van der Waals surface area contributed by atoms with E-state index >= 15 is 0 Å². The van der Waals surface area contributed by atoms with E-state index in [1.807, 2.05) is 104 Å². The smallest absolute Gasteiger partial charge is 0.416 e. The number of hydrogen-bond donors (Lipinski definition) is 2. The van der Waals surface area contributed by atoms with Crippen molar-refractivity contribution in [3.63, 3.8) is 0 Å². The Bertz CT molecular complexity index is 3380. The van der Waals surface area contributed by atoms with Crippen molar-refractivity contribution in [1.82, 2.24) is 9.80 Å². The van der Waals surface area contributed by atoms with Crippen LogP contribution in [0.1, 0.15) is 60.6 Å². The number of halogens is 7. The third kappa shape index (κ3) is 15.1. The number of amides is 2. The molecule has 12 nitrogen and oxygen atoms in total. The van der Waals surface area contributed by atoms with Gasteiger partial charge in [0.25, 0.3) is 11.8 Å². The van der Waals surface area contributed by atoms with Crippen LogP contribution < -0.4 is 20.4 Å². The number of nitrogens with one attached hydrogen (secondary N) is 2. The Morgan fingerprint density at radius 2 is 0.814 bits per heavy atom. The number of benzene rings is 8. The predicted molar refractivity (Wildman–Crippen MR) is 322 cm³/mol. The molecule has 2 N–H and O–H groups in total. The molecule has 2 saturated heterocycles. The maximum Gasteiger partial charge on any atom is 0.416 e. The van der Waals surface area contributed by atoms with Gasteiger partial charge in [0.05, 0.1) is 25.3 Å². The number of carbonyl (C=O) groups is 4. The van der Waals surface area contributed by atoms with Crippen molar-refractivity contribution in [2.45, 2.75) is 31.4 Å². The number of methoxy groups -OCH3 is 2. The lowest BCUT2D eigenvalue weighted by atomic mass is 9.96. The van der Waals surface area contributed by atoms with Crippen molar-refractivity contribution in [3.05, 3.63) is 238 Å². The molecule has 0 aromatic heterocycles. The molecule has 2 amide bonds. The molecule has 2 atom stereocenters. The van der Waals surface area contributed by atoms with E-state index in [4.69, 9.17) is 21.1 Å². The molecule has 0 aliphatic carbocycles. The zero-order valence-electron chi connectivity index (χ0n) is 47.2. The first-order valence-corrected chi connectivity index (χ1v) is 28.0. The zero-order chi connectivity index (χ0) is 61.1. The summed E-state index contributed by atoms with van der Waals surface area (Å²) in [5, 5.41) is 6.15. The molecular weight excluding hydrogens is 1130 g/mol. The van der Waals surface area contributed by atoms with Crippen molar-refractivity contribution in [1.29, 1.82) is 0 Å². The number of esters is 2. The van der Waals surface area contributed by atoms with Gasteiger partial charge in [-0.05, 0) is 137 Å². The lowest BCUT2D eigenvalue weighted by Crippen LogP contribution is -2.49. The van der Waals surface area contributed by atoms with Gasteiger partial charge in [0, 0.05) is 91.3 Å². The topological polar surface area (TPSA) is 124 Å². The second-order valence-electron chi connectivity index (χ2n) is 20.6. The third-order valence-electron chi connectivity index (χ3n) is 15.1. The number of ether oxygens (including phenoxy) is 2. The van der Waals surface area contributed by atoms with E-state index in [9.17, 15) is 45.5 Å². The molecule has 444 valence electrons. The fourth-order valence-electron chi connectivity index (χ4n) is 10.6. The maximum atomic E-state index is 13.3. The highest BCUT2D eigenvalue weighted by molar-refractivity contribution is 6.31. The SMILES string of the molecule is COC(=O)C(c1ccccc1)N1CCN(c2ccc(NC(=O)c3ccc(C)cc3-c3ccc(C(F)(F)F)cc3)cc2)CC1.COC(=O)C(c1ccccc1)N1CCN(c2ccc(NC(=O)c3ccc(Cl)cc3-c3ccc(C(F)(F)F)cc3)cc2)CC1. The first kappa shape index (κ1) is 61.6. The highest BCUT2D eigenvalue weighted by atomic mass is 35.5. The second-order valence-corrected chi connectivity index (χ2v) is 21.0. The third-order valence-corrected chi connectivity index (χ3v) is 15.3. The lowest BCUT2D eigenvalue weighted by molar-refractivity contribution is -0.148. The number of nitrogens with zero attached hydrogens (tertiary/aromatic N) is 4. The molecule has 86 heavy (non-hydrogen) atoms. The number of aryl methyl sites for hydroxylation is 1. The second kappa shape index (κ2) is 27.4. The van der Waals surface area contributed by atoms with Gasteiger partial charge in [0.1, 0.15) is 12.1 Å². The molecule has 2 heterocycles. The van der Waals surface area contributed by atoms with E-state index in [0.717, 1.165) is 52.3 Å². The summed E-state index contributed by atoms with van der Waals surface area (Å²) in [6.45, 7) is 7.37. The molecular formula is C67H61ClF6N6O6. The first-order valence-electron chi connectivity index (χ1n) is 27.6. The molecule has 0 saturated carbocycles. The number of carbonyl (C=O) groups excluding carboxylic acids is 4. The molecule has 8 aromatic carbocycles. The highest BCUT2D eigenvalue weighted by Gasteiger charge is 2.34. The maximum absolute atomic E-state index is 13.3. The number of piperazine rings is 2. The molecule has 2 aliphatic rings. The number of alkyl halides is 6. The van der Waals surface area contributed by atoms with Crippen molar-refractivity contribution in [2.24, 2.45) is 0 Å². The van der Waals surface area contributed by atoms with Crippen molar-refractivity contribution in [2.75, 3.05) is 87.0 Å². The molecule has 2 unspecified atom stereocenters. The lowest BCUT2D eigenvalue weighted by Gasteiger charge is -2.39. The van der Waals surface area contributed by atoms with Gasteiger partial charge in [-0.15, -0.1) is 0 Å². The zero-order valence-corrected chi connectivity index (χ0v) is 47.9. The van der Waals surface area contributed by atoms with Crippen LogP contribution in [-0.2, 0) is 31.4 Å². The van der Waals surface area contributed by atoms with Gasteiger partial charge in [-0.2, -0.15) is 26.3 Å². The van der Waals surface area contributed by atoms with Gasteiger partial charge in [0.15, 0.2) is 0 Å². The number of rotatable bonds is 14. The van der Waals surface area contributed by atoms with E-state index < -0.39 is 41.5 Å². The van der Waals surface area contributed by atoms with Crippen LogP contribution >= 0.6 is 11.6 Å². The van der Waals surface area contributed by atoms with Gasteiger partial charge < -0.3 is 29.9 Å². The summed E-state index contributed by atoms with van der Waals surface area (Å²) in [6, 6.07) is 52.6. The molecule has 0 radical (unpaired) electrons. The molecule has 10 rings (SSSR count). The summed E-state index contributed by atoms with van der Waals surface area (Å²) in [5.74, 6) is -1.34. The fraction of sp³-hybridized carbons (Fsp3) is 0.224. The first-order chi connectivity index (χ1) is 41.3. The highest BCUT2D eigenvalue weighted by Crippen LogP contribution is 2.36. The number of hydrogen-bond acceptors (Lipinski definition) is 10. The van der Waals surface area contributed by atoms with Crippen LogP contribution in [0.25, 0.3) is 22.3 Å². The van der Waals surface area contributed by atoms with E-state index in [0.29, 0.717) is 96.6 Å². The summed E-state index contributed by atoms with van der Waals surface area (Å²) in [4.78, 5) is 60.4. The molecule has 0 spiro atoms. The minimum Gasteiger partial charge on any atom is -0.468 e. The van der Waals surface area contributed by atoms with Gasteiger partial charge >= 0.3 is 24.3 Å². The van der Waals surface area contributed by atoms with Gasteiger partial charge in [-0.1, -0.05) is 114 Å². The van der Waals surface area contributed by atoms with Gasteiger partial charge in [-0.25, -0.2) is 9.59 Å². The van der Waals surface area contributed by atoms with Crippen LogP contribution in [0.15, 0.2) is 194 Å². The minimum atomic E-state index is -4.46. The van der Waals surface area contributed by atoms with Crippen LogP contribution in [0.4, 0.5) is 49.1 Å². The summed E-state index contributed by atoms with van der Waals surface area (Å²) >= 11 is 6.16. The Hall–Kier alpha value is -8.97. The molecule has 19 heteroatoms. The van der Waals surface area contributed by atoms with Crippen molar-refractivity contribution >= 4 is 58.1 Å². The Morgan fingerprint density at radius 3 is 1.17 bits per heavy atom. The predicted octanol–water partition coefficient (Wildman–Crippen LogP) is 14.3. The van der Waals surface area contributed by atoms with Crippen LogP contribution in [0.2, 0.25) is 5.02 Å². The van der Waals surface area contributed by atoms with Crippen LogP contribution in [0.5, 0.6) is 0 Å². The van der Waals surface area contributed by atoms with E-state index in [1.54, 1.807) is 48.5 Å². The van der Waals surface area contributed by atoms with Crippen molar-refractivity contribution < 1.29 is 55.0 Å². The monoisotopic (exact) mass is 1190 g/mol. The molecule has 2 fully saturated rings. The molecule has 0 bridgehead atoms. The normalized spacial score (nSPS) is 14.7.